The number of methoxy groups -OCH3 is 2. The Hall–Kier alpha value is -2.61. The number of rotatable bonds is 7. The van der Waals surface area contributed by atoms with Crippen molar-refractivity contribution in [2.24, 2.45) is 5.92 Å². The molecule has 0 radical (unpaired) electrons. The first-order valence-electron chi connectivity index (χ1n) is 7.75. The first kappa shape index (κ1) is 18.7. The Labute approximate surface area is 145 Å². The van der Waals surface area contributed by atoms with Gasteiger partial charge in [-0.25, -0.2) is 4.79 Å². The molecule has 1 fully saturated rings. The summed E-state index contributed by atoms with van der Waals surface area (Å²) < 4.78 is 21.1. The highest BCUT2D eigenvalue weighted by atomic mass is 16.7. The second kappa shape index (κ2) is 7.52. The van der Waals surface area contributed by atoms with Gasteiger partial charge in [-0.2, -0.15) is 0 Å². The number of nitrogens with zero attached hydrogens (tertiary/aromatic N) is 1. The molecule has 0 bridgehead atoms. The molecule has 0 spiro atoms. The van der Waals surface area contributed by atoms with Gasteiger partial charge in [-0.3, -0.25) is 10.1 Å². The predicted molar refractivity (Wildman–Crippen MR) is 88.3 cm³/mol. The van der Waals surface area contributed by atoms with Gasteiger partial charge in [-0.15, -0.1) is 6.58 Å². The van der Waals surface area contributed by atoms with E-state index in [0.717, 1.165) is 0 Å². The SMILES string of the molecule is C=C[C@@H]1CO[C@@H](c2ccc(OC)c(OC)c2)[C@]1(C(=O)OCC)[N+](=O)[O-]. The number of nitro groups is 1. The Morgan fingerprint density at radius 3 is 2.64 bits per heavy atom. The van der Waals surface area contributed by atoms with E-state index >= 15 is 0 Å². The highest BCUT2D eigenvalue weighted by molar-refractivity contribution is 5.82. The lowest BCUT2D eigenvalue weighted by atomic mass is 9.79. The molecule has 1 saturated heterocycles. The molecule has 1 aliphatic rings. The molecule has 0 saturated carbocycles. The quantitative estimate of drug-likeness (QED) is 0.321. The number of carbonyl (C=O) groups is 1. The smallest absolute Gasteiger partial charge is 0.388 e. The molecule has 0 N–H and O–H groups in total. The Kier molecular flexibility index (Phi) is 5.63. The third-order valence-corrected chi connectivity index (χ3v) is 4.31. The third kappa shape index (κ3) is 2.93. The predicted octanol–water partition coefficient (Wildman–Crippen LogP) is 2.16. The van der Waals surface area contributed by atoms with Crippen LogP contribution in [0.4, 0.5) is 0 Å². The van der Waals surface area contributed by atoms with E-state index in [0.29, 0.717) is 17.1 Å². The summed E-state index contributed by atoms with van der Waals surface area (Å²) in [5.74, 6) is -0.916. The van der Waals surface area contributed by atoms with Crippen LogP contribution in [-0.4, -0.2) is 43.9 Å². The van der Waals surface area contributed by atoms with Gasteiger partial charge >= 0.3 is 11.5 Å². The summed E-state index contributed by atoms with van der Waals surface area (Å²) in [5, 5.41) is 12.0. The van der Waals surface area contributed by atoms with Gasteiger partial charge in [0.2, 0.25) is 0 Å². The Morgan fingerprint density at radius 2 is 2.12 bits per heavy atom. The average molecular weight is 351 g/mol. The van der Waals surface area contributed by atoms with E-state index in [1.165, 1.54) is 20.3 Å². The van der Waals surface area contributed by atoms with Crippen LogP contribution in [0.15, 0.2) is 30.9 Å². The summed E-state index contributed by atoms with van der Waals surface area (Å²) in [5.41, 5.74) is -1.68. The number of hydrogen-bond donors (Lipinski definition) is 0. The van der Waals surface area contributed by atoms with E-state index in [2.05, 4.69) is 6.58 Å². The maximum Gasteiger partial charge on any atom is 0.388 e. The van der Waals surface area contributed by atoms with Crippen LogP contribution in [0.1, 0.15) is 18.6 Å². The van der Waals surface area contributed by atoms with Crippen molar-refractivity contribution in [2.75, 3.05) is 27.4 Å². The molecule has 1 aromatic carbocycles. The second-order valence-corrected chi connectivity index (χ2v) is 5.47. The van der Waals surface area contributed by atoms with Gasteiger partial charge in [0.05, 0.1) is 33.4 Å². The average Bonchev–Trinajstić information content (AvgIpc) is 3.01. The number of hydrogen-bond acceptors (Lipinski definition) is 7. The van der Waals surface area contributed by atoms with Crippen molar-refractivity contribution < 1.29 is 28.7 Å². The molecule has 8 heteroatoms. The van der Waals surface area contributed by atoms with Gasteiger partial charge < -0.3 is 18.9 Å². The van der Waals surface area contributed by atoms with Crippen molar-refractivity contribution in [3.05, 3.63) is 46.5 Å². The zero-order chi connectivity index (χ0) is 18.6. The molecule has 25 heavy (non-hydrogen) atoms. The highest BCUT2D eigenvalue weighted by Gasteiger charge is 2.68. The highest BCUT2D eigenvalue weighted by Crippen LogP contribution is 2.47. The van der Waals surface area contributed by atoms with E-state index in [4.69, 9.17) is 18.9 Å². The zero-order valence-electron chi connectivity index (χ0n) is 14.4. The number of esters is 1. The molecular weight excluding hydrogens is 330 g/mol. The summed E-state index contributed by atoms with van der Waals surface area (Å²) >= 11 is 0. The second-order valence-electron chi connectivity index (χ2n) is 5.47. The molecular formula is C17H21NO7. The van der Waals surface area contributed by atoms with E-state index < -0.39 is 28.5 Å². The standard InChI is InChI=1S/C17H21NO7/c1-5-12-10-25-15(17(12,18(20)21)16(19)24-6-2)11-7-8-13(22-3)14(9-11)23-4/h5,7-9,12,15H,1,6,10H2,2-4H3/t12-,15+,17-/m1/s1. The summed E-state index contributed by atoms with van der Waals surface area (Å²) in [6.45, 7) is 5.22. The molecule has 0 unspecified atom stereocenters. The molecule has 1 aliphatic heterocycles. The number of ether oxygens (including phenoxy) is 4. The van der Waals surface area contributed by atoms with Gasteiger partial charge in [0, 0.05) is 4.92 Å². The summed E-state index contributed by atoms with van der Waals surface area (Å²) in [6.07, 6.45) is 0.227. The summed E-state index contributed by atoms with van der Waals surface area (Å²) in [7, 11) is 2.94. The lowest BCUT2D eigenvalue weighted by molar-refractivity contribution is -0.567. The fraction of sp³-hybridized carbons (Fsp3) is 0.471. The number of benzene rings is 1. The minimum Gasteiger partial charge on any atom is -0.493 e. The number of carbonyl (C=O) groups excluding carboxylic acids is 1. The first-order valence-corrected chi connectivity index (χ1v) is 7.75. The van der Waals surface area contributed by atoms with E-state index in [-0.39, 0.29) is 13.2 Å². The molecule has 1 aromatic rings. The van der Waals surface area contributed by atoms with Crippen molar-refractivity contribution in [2.45, 2.75) is 18.6 Å². The van der Waals surface area contributed by atoms with E-state index in [1.807, 2.05) is 0 Å². The maximum atomic E-state index is 12.6. The Morgan fingerprint density at radius 1 is 1.44 bits per heavy atom. The topological polar surface area (TPSA) is 97.1 Å². The van der Waals surface area contributed by atoms with Gasteiger partial charge in [0.25, 0.3) is 0 Å². The summed E-state index contributed by atoms with van der Waals surface area (Å²) in [4.78, 5) is 23.9. The largest absolute Gasteiger partial charge is 0.493 e. The fourth-order valence-corrected chi connectivity index (χ4v) is 3.07. The zero-order valence-corrected chi connectivity index (χ0v) is 14.4. The minimum atomic E-state index is -2.10. The summed E-state index contributed by atoms with van der Waals surface area (Å²) in [6, 6.07) is 4.77. The van der Waals surface area contributed by atoms with Gasteiger partial charge in [0.1, 0.15) is 0 Å². The van der Waals surface area contributed by atoms with Crippen LogP contribution in [0.3, 0.4) is 0 Å². The Bertz CT molecular complexity index is 675. The fourth-order valence-electron chi connectivity index (χ4n) is 3.07. The molecule has 3 atom stereocenters. The van der Waals surface area contributed by atoms with E-state index in [1.54, 1.807) is 25.1 Å². The van der Waals surface area contributed by atoms with Crippen molar-refractivity contribution in [3.63, 3.8) is 0 Å². The van der Waals surface area contributed by atoms with Crippen LogP contribution >= 0.6 is 0 Å². The van der Waals surface area contributed by atoms with Crippen molar-refractivity contribution in [1.29, 1.82) is 0 Å². The third-order valence-electron chi connectivity index (χ3n) is 4.31. The molecule has 0 aliphatic carbocycles. The molecule has 136 valence electrons. The lowest BCUT2D eigenvalue weighted by Gasteiger charge is -2.27. The normalized spacial score (nSPS) is 25.2. The van der Waals surface area contributed by atoms with Gasteiger partial charge in [-0.05, 0) is 24.6 Å². The van der Waals surface area contributed by atoms with Gasteiger partial charge in [0.15, 0.2) is 17.6 Å². The minimum absolute atomic E-state index is 0.0116. The Balaban J connectivity index is 2.59. The molecule has 2 rings (SSSR count). The lowest BCUT2D eigenvalue weighted by Crippen LogP contribution is -2.54. The molecule has 8 nitrogen and oxygen atoms in total. The van der Waals surface area contributed by atoms with Crippen LogP contribution in [0.25, 0.3) is 0 Å². The molecule has 0 aromatic heterocycles. The van der Waals surface area contributed by atoms with Crippen molar-refractivity contribution in [3.8, 4) is 11.5 Å². The monoisotopic (exact) mass is 351 g/mol. The van der Waals surface area contributed by atoms with Crippen LogP contribution in [0, 0.1) is 16.0 Å². The van der Waals surface area contributed by atoms with Gasteiger partial charge in [-0.1, -0.05) is 12.1 Å². The first-order chi connectivity index (χ1) is 12.0. The van der Waals surface area contributed by atoms with Crippen LogP contribution < -0.4 is 9.47 Å². The van der Waals surface area contributed by atoms with E-state index in [9.17, 15) is 14.9 Å². The van der Waals surface area contributed by atoms with Crippen molar-refractivity contribution in [1.82, 2.24) is 0 Å². The molecule has 1 heterocycles. The van der Waals surface area contributed by atoms with Crippen LogP contribution in [0.5, 0.6) is 11.5 Å². The van der Waals surface area contributed by atoms with Crippen LogP contribution in [0.2, 0.25) is 0 Å². The van der Waals surface area contributed by atoms with Crippen molar-refractivity contribution >= 4 is 5.97 Å². The molecule has 0 amide bonds. The van der Waals surface area contributed by atoms with Crippen LogP contribution in [-0.2, 0) is 14.3 Å². The maximum absolute atomic E-state index is 12.6.